The summed E-state index contributed by atoms with van der Waals surface area (Å²) in [5.41, 5.74) is 10.2. The van der Waals surface area contributed by atoms with Gasteiger partial charge in [0.1, 0.15) is 17.8 Å². The van der Waals surface area contributed by atoms with Crippen molar-refractivity contribution in [3.8, 4) is 11.1 Å². The number of nitrogen functional groups attached to an aromatic ring is 1. The van der Waals surface area contributed by atoms with Crippen molar-refractivity contribution >= 4 is 28.8 Å². The molecule has 1 saturated heterocycles. The number of aromatic nitrogens is 3. The quantitative estimate of drug-likeness (QED) is 0.505. The van der Waals surface area contributed by atoms with Crippen LogP contribution in [0.15, 0.2) is 30.7 Å². The van der Waals surface area contributed by atoms with Crippen molar-refractivity contribution in [2.45, 2.75) is 19.8 Å². The summed E-state index contributed by atoms with van der Waals surface area (Å²) in [4.78, 5) is 14.6. The van der Waals surface area contributed by atoms with Crippen LogP contribution in [0.5, 0.6) is 0 Å². The number of nitrogens with one attached hydrogen (secondary N) is 2. The van der Waals surface area contributed by atoms with Crippen LogP contribution in [0.2, 0.25) is 0 Å². The average Bonchev–Trinajstić information content (AvgIpc) is 3.05. The third-order valence-electron chi connectivity index (χ3n) is 4.98. The molecule has 0 radical (unpaired) electrons. The van der Waals surface area contributed by atoms with E-state index in [4.69, 9.17) is 11.1 Å². The number of nitrogens with zero attached hydrogens (tertiary/aromatic N) is 3. The number of nitrogens with two attached hydrogens (primary N) is 1. The Morgan fingerprint density at radius 2 is 2.20 bits per heavy atom. The molecule has 6 nitrogen and oxygen atoms in total. The highest BCUT2D eigenvalue weighted by Crippen LogP contribution is 2.37. The van der Waals surface area contributed by atoms with E-state index >= 15 is 0 Å². The molecule has 1 fully saturated rings. The average molecular weight is 334 g/mol. The Hall–Kier alpha value is -2.89. The molecule has 1 aliphatic rings. The van der Waals surface area contributed by atoms with Crippen molar-refractivity contribution in [1.82, 2.24) is 15.0 Å². The summed E-state index contributed by atoms with van der Waals surface area (Å²) >= 11 is 0. The van der Waals surface area contributed by atoms with Gasteiger partial charge in [-0.15, -0.1) is 0 Å². The normalized spacial score (nSPS) is 17.8. The molecule has 2 aromatic heterocycles. The summed E-state index contributed by atoms with van der Waals surface area (Å²) in [6, 6.07) is 5.74. The number of aromatic amines is 1. The van der Waals surface area contributed by atoms with Crippen molar-refractivity contribution in [2.75, 3.05) is 23.7 Å². The van der Waals surface area contributed by atoms with Crippen LogP contribution in [-0.4, -0.2) is 34.3 Å². The van der Waals surface area contributed by atoms with Crippen LogP contribution in [0, 0.1) is 11.3 Å². The molecule has 0 amide bonds. The third-order valence-corrected chi connectivity index (χ3v) is 4.98. The molecule has 1 aromatic carbocycles. The predicted octanol–water partition coefficient (Wildman–Crippen LogP) is 3.44. The number of H-pyrrole nitrogens is 1. The molecule has 1 aliphatic heterocycles. The van der Waals surface area contributed by atoms with E-state index in [2.05, 4.69) is 26.8 Å². The van der Waals surface area contributed by atoms with Crippen LogP contribution in [0.3, 0.4) is 0 Å². The Morgan fingerprint density at radius 3 is 3.00 bits per heavy atom. The molecule has 25 heavy (non-hydrogen) atoms. The number of piperidine rings is 1. The molecule has 4 N–H and O–H groups in total. The number of fused-ring (bicyclic) bond motifs is 1. The zero-order chi connectivity index (χ0) is 17.4. The molecule has 0 bridgehead atoms. The minimum atomic E-state index is 0.604. The lowest BCUT2D eigenvalue weighted by Crippen LogP contribution is -2.35. The molecular weight excluding hydrogens is 312 g/mol. The molecule has 4 rings (SSSR count). The van der Waals surface area contributed by atoms with E-state index in [1.165, 1.54) is 19.1 Å². The second kappa shape index (κ2) is 6.20. The van der Waals surface area contributed by atoms with Crippen molar-refractivity contribution in [1.29, 1.82) is 5.41 Å². The predicted molar refractivity (Wildman–Crippen MR) is 102 cm³/mol. The first-order chi connectivity index (χ1) is 12.2. The number of benzene rings is 1. The SMILES string of the molecule is CC1CCCN(c2ncnc3[nH]cc(-c4cccc(N)c4C=N)c23)C1. The highest BCUT2D eigenvalue weighted by molar-refractivity contribution is 6.06. The fraction of sp³-hybridized carbons (Fsp3) is 0.316. The lowest BCUT2D eigenvalue weighted by molar-refractivity contribution is 0.445. The third kappa shape index (κ3) is 2.63. The molecule has 3 aromatic rings. The van der Waals surface area contributed by atoms with Crippen molar-refractivity contribution < 1.29 is 0 Å². The molecule has 0 aliphatic carbocycles. The maximum atomic E-state index is 7.75. The Balaban J connectivity index is 1.92. The fourth-order valence-corrected chi connectivity index (χ4v) is 3.76. The van der Waals surface area contributed by atoms with E-state index in [1.807, 2.05) is 24.4 Å². The molecule has 3 heterocycles. The number of anilines is 2. The highest BCUT2D eigenvalue weighted by atomic mass is 15.2. The Kier molecular flexibility index (Phi) is 3.87. The summed E-state index contributed by atoms with van der Waals surface area (Å²) in [7, 11) is 0. The topological polar surface area (TPSA) is 94.7 Å². The maximum absolute atomic E-state index is 7.75. The zero-order valence-electron chi connectivity index (χ0n) is 14.3. The molecule has 0 spiro atoms. The van der Waals surface area contributed by atoms with Gasteiger partial charge in [0.05, 0.1) is 5.39 Å². The van der Waals surface area contributed by atoms with E-state index < -0.39 is 0 Å². The van der Waals surface area contributed by atoms with Gasteiger partial charge >= 0.3 is 0 Å². The van der Waals surface area contributed by atoms with Crippen LogP contribution in [0.1, 0.15) is 25.3 Å². The highest BCUT2D eigenvalue weighted by Gasteiger charge is 2.23. The molecule has 1 atom stereocenters. The summed E-state index contributed by atoms with van der Waals surface area (Å²) in [5.74, 6) is 1.62. The molecular formula is C19H22N6. The van der Waals surface area contributed by atoms with Gasteiger partial charge in [0.25, 0.3) is 0 Å². The largest absolute Gasteiger partial charge is 0.398 e. The number of hydrogen-bond acceptors (Lipinski definition) is 5. The van der Waals surface area contributed by atoms with E-state index in [0.29, 0.717) is 11.6 Å². The summed E-state index contributed by atoms with van der Waals surface area (Å²) < 4.78 is 0. The smallest absolute Gasteiger partial charge is 0.143 e. The monoisotopic (exact) mass is 334 g/mol. The van der Waals surface area contributed by atoms with Gasteiger partial charge in [-0.2, -0.15) is 0 Å². The van der Waals surface area contributed by atoms with Crippen molar-refractivity contribution in [2.24, 2.45) is 5.92 Å². The van der Waals surface area contributed by atoms with Gasteiger partial charge in [-0.25, -0.2) is 9.97 Å². The van der Waals surface area contributed by atoms with Gasteiger partial charge in [0.15, 0.2) is 0 Å². The van der Waals surface area contributed by atoms with Crippen LogP contribution in [0.4, 0.5) is 11.5 Å². The molecule has 128 valence electrons. The summed E-state index contributed by atoms with van der Waals surface area (Å²) in [6.07, 6.45) is 7.32. The van der Waals surface area contributed by atoms with Crippen molar-refractivity contribution in [3.63, 3.8) is 0 Å². The van der Waals surface area contributed by atoms with Gasteiger partial charge < -0.3 is 21.0 Å². The van der Waals surface area contributed by atoms with E-state index in [0.717, 1.165) is 46.6 Å². The minimum absolute atomic E-state index is 0.604. The van der Waals surface area contributed by atoms with Crippen LogP contribution in [0.25, 0.3) is 22.2 Å². The van der Waals surface area contributed by atoms with Gasteiger partial charge in [-0.05, 0) is 30.4 Å². The fourth-order valence-electron chi connectivity index (χ4n) is 3.76. The van der Waals surface area contributed by atoms with Crippen molar-refractivity contribution in [3.05, 3.63) is 36.3 Å². The van der Waals surface area contributed by atoms with Crippen LogP contribution >= 0.6 is 0 Å². The number of rotatable bonds is 3. The zero-order valence-corrected chi connectivity index (χ0v) is 14.3. The molecule has 1 unspecified atom stereocenters. The Labute approximate surface area is 146 Å². The van der Waals surface area contributed by atoms with E-state index in [1.54, 1.807) is 6.33 Å². The lowest BCUT2D eigenvalue weighted by atomic mass is 9.97. The summed E-state index contributed by atoms with van der Waals surface area (Å²) in [5, 5.41) is 8.76. The lowest BCUT2D eigenvalue weighted by Gasteiger charge is -2.32. The first-order valence-corrected chi connectivity index (χ1v) is 8.65. The van der Waals surface area contributed by atoms with Crippen LogP contribution in [-0.2, 0) is 0 Å². The molecule has 6 heteroatoms. The molecule has 0 saturated carbocycles. The Bertz CT molecular complexity index is 929. The summed E-state index contributed by atoms with van der Waals surface area (Å²) in [6.45, 7) is 4.30. The number of hydrogen-bond donors (Lipinski definition) is 3. The minimum Gasteiger partial charge on any atom is -0.398 e. The first-order valence-electron chi connectivity index (χ1n) is 8.65. The van der Waals surface area contributed by atoms with Gasteiger partial charge in [0.2, 0.25) is 0 Å². The van der Waals surface area contributed by atoms with Gasteiger partial charge in [-0.3, -0.25) is 0 Å². The van der Waals surface area contributed by atoms with Gasteiger partial charge in [0, 0.05) is 42.3 Å². The van der Waals surface area contributed by atoms with E-state index in [-0.39, 0.29) is 0 Å². The van der Waals surface area contributed by atoms with Crippen LogP contribution < -0.4 is 10.6 Å². The second-order valence-electron chi connectivity index (χ2n) is 6.77. The first kappa shape index (κ1) is 15.6. The Morgan fingerprint density at radius 1 is 1.32 bits per heavy atom. The second-order valence-corrected chi connectivity index (χ2v) is 6.77. The van der Waals surface area contributed by atoms with Gasteiger partial charge in [-0.1, -0.05) is 19.1 Å². The standard InChI is InChI=1S/C19H22N6/c1-12-4-3-7-25(10-12)19-17-15(9-22-18(17)23-11-24-19)13-5-2-6-16(21)14(13)8-20/h2,5-6,8-9,11-12,20H,3-4,7,10,21H2,1H3,(H,22,23,24). The maximum Gasteiger partial charge on any atom is 0.143 e. The van der Waals surface area contributed by atoms with E-state index in [9.17, 15) is 0 Å².